The lowest BCUT2D eigenvalue weighted by atomic mass is 10.1. The Hall–Kier alpha value is -0.980. The van der Waals surface area contributed by atoms with E-state index in [0.29, 0.717) is 12.8 Å². The van der Waals surface area contributed by atoms with Crippen molar-refractivity contribution in [2.45, 2.75) is 96.6 Å². The molecule has 0 saturated carbocycles. The van der Waals surface area contributed by atoms with Gasteiger partial charge in [-0.2, -0.15) is 13.2 Å². The molecule has 0 heterocycles. The van der Waals surface area contributed by atoms with Crippen molar-refractivity contribution < 1.29 is 18.0 Å². The summed E-state index contributed by atoms with van der Waals surface area (Å²) in [7, 11) is 0. The highest BCUT2D eigenvalue weighted by Crippen LogP contribution is 2.20. The second-order valence-corrected chi connectivity index (χ2v) is 5.71. The van der Waals surface area contributed by atoms with Crippen molar-refractivity contribution in [2.24, 2.45) is 0 Å². The van der Waals surface area contributed by atoms with Gasteiger partial charge in [-0.15, -0.1) is 11.8 Å². The van der Waals surface area contributed by atoms with Crippen LogP contribution >= 0.6 is 0 Å². The first kappa shape index (κ1) is 21.0. The third kappa shape index (κ3) is 14.0. The van der Waals surface area contributed by atoms with E-state index in [1.807, 2.05) is 0 Å². The summed E-state index contributed by atoms with van der Waals surface area (Å²) in [6.45, 7) is 2.16. The third-order valence-electron chi connectivity index (χ3n) is 3.55. The lowest BCUT2D eigenvalue weighted by Crippen LogP contribution is -2.22. The second kappa shape index (κ2) is 13.7. The molecule has 0 aliphatic carbocycles. The van der Waals surface area contributed by atoms with Gasteiger partial charge in [0.05, 0.1) is 0 Å². The minimum absolute atomic E-state index is 0.353. The zero-order valence-electron chi connectivity index (χ0n) is 13.7. The molecular weight excluding hydrogens is 289 g/mol. The van der Waals surface area contributed by atoms with Crippen LogP contribution in [0.2, 0.25) is 0 Å². The van der Waals surface area contributed by atoms with Crippen LogP contribution in [0.1, 0.15) is 90.4 Å². The Morgan fingerprint density at radius 3 is 1.73 bits per heavy atom. The van der Waals surface area contributed by atoms with Crippen LogP contribution in [0, 0.1) is 11.8 Å². The average molecular weight is 318 g/mol. The zero-order valence-corrected chi connectivity index (χ0v) is 13.7. The van der Waals surface area contributed by atoms with Crippen LogP contribution in [0.25, 0.3) is 0 Å². The largest absolute Gasteiger partial charge is 0.449 e. The molecule has 0 aromatic carbocycles. The molecule has 22 heavy (non-hydrogen) atoms. The van der Waals surface area contributed by atoms with Crippen molar-refractivity contribution in [3.05, 3.63) is 0 Å². The average Bonchev–Trinajstić information content (AvgIpc) is 2.46. The highest BCUT2D eigenvalue weighted by Gasteiger charge is 2.36. The molecule has 0 fully saturated rings. The van der Waals surface area contributed by atoms with Gasteiger partial charge in [-0.25, -0.2) is 0 Å². The van der Waals surface area contributed by atoms with Crippen LogP contribution in [0.4, 0.5) is 13.2 Å². The van der Waals surface area contributed by atoms with Gasteiger partial charge in [-0.05, 0) is 19.3 Å². The van der Waals surface area contributed by atoms with E-state index in [-0.39, 0.29) is 6.42 Å². The van der Waals surface area contributed by atoms with Gasteiger partial charge < -0.3 is 0 Å². The van der Waals surface area contributed by atoms with Crippen molar-refractivity contribution in [3.63, 3.8) is 0 Å². The number of ketones is 1. The SMILES string of the molecule is CCCCC#CCCCCCCCCCCC(=O)C(F)(F)F. The summed E-state index contributed by atoms with van der Waals surface area (Å²) < 4.78 is 35.9. The van der Waals surface area contributed by atoms with E-state index < -0.39 is 12.0 Å². The molecule has 0 aliphatic heterocycles. The summed E-state index contributed by atoms with van der Waals surface area (Å²) >= 11 is 0. The molecule has 0 aromatic rings. The number of unbranched alkanes of at least 4 members (excludes halogenated alkanes) is 10. The molecule has 0 atom stereocenters. The van der Waals surface area contributed by atoms with E-state index in [4.69, 9.17) is 0 Å². The number of hydrogen-bond acceptors (Lipinski definition) is 1. The first-order chi connectivity index (χ1) is 10.5. The molecule has 0 amide bonds. The summed E-state index contributed by atoms with van der Waals surface area (Å²) in [5.74, 6) is 4.77. The quantitative estimate of drug-likeness (QED) is 0.309. The first-order valence-electron chi connectivity index (χ1n) is 8.54. The number of Topliss-reactive ketones (excluding diaryl/α,β-unsaturated/α-hetero) is 1. The van der Waals surface area contributed by atoms with Crippen molar-refractivity contribution in [1.82, 2.24) is 0 Å². The molecule has 4 heteroatoms. The van der Waals surface area contributed by atoms with E-state index in [1.165, 1.54) is 19.3 Å². The lowest BCUT2D eigenvalue weighted by molar-refractivity contribution is -0.171. The molecule has 0 aliphatic rings. The minimum Gasteiger partial charge on any atom is -0.290 e. The maximum absolute atomic E-state index is 12.0. The molecule has 0 N–H and O–H groups in total. The summed E-state index contributed by atoms with van der Waals surface area (Å²) in [5, 5.41) is 0. The summed E-state index contributed by atoms with van der Waals surface area (Å²) in [5.41, 5.74) is 0. The van der Waals surface area contributed by atoms with E-state index in [1.54, 1.807) is 0 Å². The van der Waals surface area contributed by atoms with Gasteiger partial charge in [0, 0.05) is 19.3 Å². The predicted octanol–water partition coefficient (Wildman–Crippen LogP) is 6.21. The fourth-order valence-electron chi connectivity index (χ4n) is 2.14. The van der Waals surface area contributed by atoms with Gasteiger partial charge in [0.15, 0.2) is 0 Å². The Labute approximate surface area is 133 Å². The zero-order chi connectivity index (χ0) is 16.7. The van der Waals surface area contributed by atoms with Gasteiger partial charge in [0.2, 0.25) is 5.78 Å². The molecular formula is C18H29F3O. The van der Waals surface area contributed by atoms with Crippen molar-refractivity contribution in [2.75, 3.05) is 0 Å². The highest BCUT2D eigenvalue weighted by atomic mass is 19.4. The second-order valence-electron chi connectivity index (χ2n) is 5.71. The summed E-state index contributed by atoms with van der Waals surface area (Å²) in [6, 6.07) is 0. The fourth-order valence-corrected chi connectivity index (χ4v) is 2.14. The molecule has 0 saturated heterocycles. The number of rotatable bonds is 12. The Balaban J connectivity index is 3.24. The van der Waals surface area contributed by atoms with Gasteiger partial charge in [-0.3, -0.25) is 4.79 Å². The van der Waals surface area contributed by atoms with Crippen LogP contribution in [0.15, 0.2) is 0 Å². The third-order valence-corrected chi connectivity index (χ3v) is 3.55. The topological polar surface area (TPSA) is 17.1 Å². The Morgan fingerprint density at radius 2 is 1.23 bits per heavy atom. The maximum Gasteiger partial charge on any atom is 0.449 e. The van der Waals surface area contributed by atoms with E-state index in [0.717, 1.165) is 44.9 Å². The molecule has 0 rings (SSSR count). The monoisotopic (exact) mass is 318 g/mol. The van der Waals surface area contributed by atoms with Gasteiger partial charge >= 0.3 is 6.18 Å². The molecule has 0 radical (unpaired) electrons. The standard InChI is InChI=1S/C18H29F3O/c1-2-3-4-5-6-7-8-9-10-11-12-13-14-15-16-17(22)18(19,20)21/h2-4,7-16H2,1H3. The number of carbonyl (C=O) groups excluding carboxylic acids is 1. The minimum atomic E-state index is -4.65. The van der Waals surface area contributed by atoms with Crippen LogP contribution in [0.5, 0.6) is 0 Å². The molecule has 0 unspecified atom stereocenters. The van der Waals surface area contributed by atoms with Crippen LogP contribution in [-0.4, -0.2) is 12.0 Å². The van der Waals surface area contributed by atoms with Gasteiger partial charge in [0.25, 0.3) is 0 Å². The number of alkyl halides is 3. The highest BCUT2D eigenvalue weighted by molar-refractivity contribution is 5.83. The molecule has 0 aromatic heterocycles. The molecule has 128 valence electrons. The van der Waals surface area contributed by atoms with E-state index in [2.05, 4.69) is 18.8 Å². The smallest absolute Gasteiger partial charge is 0.290 e. The molecule has 0 bridgehead atoms. The summed E-state index contributed by atoms with van der Waals surface area (Å²) in [6.07, 6.45) is 6.97. The van der Waals surface area contributed by atoms with Crippen LogP contribution < -0.4 is 0 Å². The number of carbonyl (C=O) groups is 1. The first-order valence-corrected chi connectivity index (χ1v) is 8.54. The predicted molar refractivity (Wildman–Crippen MR) is 84.5 cm³/mol. The number of halogens is 3. The van der Waals surface area contributed by atoms with Gasteiger partial charge in [0.1, 0.15) is 0 Å². The number of hydrogen-bond donors (Lipinski definition) is 0. The molecule has 1 nitrogen and oxygen atoms in total. The van der Waals surface area contributed by atoms with Crippen molar-refractivity contribution >= 4 is 5.78 Å². The molecule has 0 spiro atoms. The van der Waals surface area contributed by atoms with E-state index >= 15 is 0 Å². The lowest BCUT2D eigenvalue weighted by Gasteiger charge is -2.04. The van der Waals surface area contributed by atoms with E-state index in [9.17, 15) is 18.0 Å². The fraction of sp³-hybridized carbons (Fsp3) is 0.833. The Kier molecular flexibility index (Phi) is 13.1. The normalized spacial score (nSPS) is 11.1. The van der Waals surface area contributed by atoms with Crippen molar-refractivity contribution in [3.8, 4) is 11.8 Å². The Morgan fingerprint density at radius 1 is 0.773 bits per heavy atom. The van der Waals surface area contributed by atoms with Crippen molar-refractivity contribution in [1.29, 1.82) is 0 Å². The van der Waals surface area contributed by atoms with Crippen LogP contribution in [0.3, 0.4) is 0 Å². The summed E-state index contributed by atoms with van der Waals surface area (Å²) in [4.78, 5) is 10.6. The Bertz CT molecular complexity index is 336. The maximum atomic E-state index is 12.0. The van der Waals surface area contributed by atoms with Crippen LogP contribution in [-0.2, 0) is 4.79 Å². The van der Waals surface area contributed by atoms with Gasteiger partial charge in [-0.1, -0.05) is 51.9 Å².